The predicted molar refractivity (Wildman–Crippen MR) is 88.9 cm³/mol. The molecule has 0 saturated carbocycles. The van der Waals surface area contributed by atoms with E-state index in [1.807, 2.05) is 12.1 Å². The Labute approximate surface area is 135 Å². The van der Waals surface area contributed by atoms with Crippen LogP contribution in [0.5, 0.6) is 0 Å². The maximum Gasteiger partial charge on any atom is 0.175 e. The minimum atomic E-state index is -3.40. The first-order valence-corrected chi connectivity index (χ1v) is 9.39. The quantitative estimate of drug-likeness (QED) is 0.902. The second-order valence-electron chi connectivity index (χ2n) is 5.75. The van der Waals surface area contributed by atoms with Crippen LogP contribution in [0, 0.1) is 5.82 Å². The minimum Gasteiger partial charge on any atom is -0.381 e. The lowest BCUT2D eigenvalue weighted by Gasteiger charge is -2.27. The van der Waals surface area contributed by atoms with Crippen LogP contribution in [0.1, 0.15) is 17.2 Å². The molecule has 2 aromatic rings. The first-order chi connectivity index (χ1) is 10.9. The van der Waals surface area contributed by atoms with Crippen molar-refractivity contribution in [2.75, 3.05) is 24.7 Å². The lowest BCUT2D eigenvalue weighted by Crippen LogP contribution is -2.34. The highest BCUT2D eigenvalue weighted by Crippen LogP contribution is 2.24. The van der Waals surface area contributed by atoms with Gasteiger partial charge < -0.3 is 10.6 Å². The van der Waals surface area contributed by atoms with Crippen LogP contribution >= 0.6 is 0 Å². The van der Waals surface area contributed by atoms with Crippen molar-refractivity contribution in [3.05, 3.63) is 59.4 Å². The number of nitrogens with one attached hydrogen (secondary N) is 2. The van der Waals surface area contributed by atoms with Crippen LogP contribution in [0.15, 0.2) is 47.4 Å². The molecule has 3 rings (SSSR count). The van der Waals surface area contributed by atoms with Gasteiger partial charge in [0.05, 0.1) is 10.6 Å². The number of rotatable bonds is 4. The van der Waals surface area contributed by atoms with Crippen molar-refractivity contribution in [1.29, 1.82) is 0 Å². The Morgan fingerprint density at radius 1 is 1.26 bits per heavy atom. The van der Waals surface area contributed by atoms with Crippen molar-refractivity contribution >= 4 is 15.5 Å². The zero-order valence-electron chi connectivity index (χ0n) is 12.8. The van der Waals surface area contributed by atoms with Gasteiger partial charge in [0.25, 0.3) is 0 Å². The number of hydrogen-bond donors (Lipinski definition) is 2. The summed E-state index contributed by atoms with van der Waals surface area (Å²) < 4.78 is 37.0. The molecule has 0 spiro atoms. The number of halogens is 1. The summed E-state index contributed by atoms with van der Waals surface area (Å²) >= 11 is 0. The van der Waals surface area contributed by atoms with Gasteiger partial charge in [0, 0.05) is 18.8 Å². The molecule has 2 N–H and O–H groups in total. The smallest absolute Gasteiger partial charge is 0.175 e. The van der Waals surface area contributed by atoms with Gasteiger partial charge in [-0.3, -0.25) is 0 Å². The highest BCUT2D eigenvalue weighted by molar-refractivity contribution is 7.90. The van der Waals surface area contributed by atoms with Crippen molar-refractivity contribution < 1.29 is 12.8 Å². The molecule has 4 nitrogen and oxygen atoms in total. The molecule has 1 aliphatic rings. The highest BCUT2D eigenvalue weighted by atomic mass is 32.2. The van der Waals surface area contributed by atoms with E-state index >= 15 is 0 Å². The summed E-state index contributed by atoms with van der Waals surface area (Å²) in [6.07, 6.45) is 2.06. The molecule has 1 atom stereocenters. The fourth-order valence-electron chi connectivity index (χ4n) is 2.86. The molecule has 0 aliphatic carbocycles. The van der Waals surface area contributed by atoms with E-state index in [1.165, 1.54) is 23.3 Å². The second-order valence-corrected chi connectivity index (χ2v) is 7.77. The molecule has 1 unspecified atom stereocenters. The van der Waals surface area contributed by atoms with Gasteiger partial charge in [-0.15, -0.1) is 0 Å². The molecular weight excluding hydrogens is 315 g/mol. The molecule has 0 bridgehead atoms. The van der Waals surface area contributed by atoms with Crippen molar-refractivity contribution in [2.24, 2.45) is 0 Å². The summed E-state index contributed by atoms with van der Waals surface area (Å²) in [6.45, 7) is 1.42. The fourth-order valence-corrected chi connectivity index (χ4v) is 3.49. The van der Waals surface area contributed by atoms with Crippen LogP contribution in [0.2, 0.25) is 0 Å². The topological polar surface area (TPSA) is 58.2 Å². The minimum absolute atomic E-state index is 0.0123. The normalized spacial score (nSPS) is 17.6. The molecule has 1 heterocycles. The second kappa shape index (κ2) is 6.29. The summed E-state index contributed by atoms with van der Waals surface area (Å²) in [5, 5.41) is 6.49. The predicted octanol–water partition coefficient (Wildman–Crippen LogP) is 2.53. The molecule has 2 aromatic carbocycles. The van der Waals surface area contributed by atoms with E-state index in [0.717, 1.165) is 25.3 Å². The van der Waals surface area contributed by atoms with Gasteiger partial charge in [0.1, 0.15) is 5.82 Å². The molecule has 6 heteroatoms. The Hall–Kier alpha value is -1.92. The monoisotopic (exact) mass is 334 g/mol. The molecular formula is C17H19FN2O2S. The van der Waals surface area contributed by atoms with Gasteiger partial charge in [-0.2, -0.15) is 0 Å². The molecule has 0 radical (unpaired) electrons. The van der Waals surface area contributed by atoms with Gasteiger partial charge in [-0.05, 0) is 42.3 Å². The van der Waals surface area contributed by atoms with Crippen molar-refractivity contribution in [3.63, 3.8) is 0 Å². The first-order valence-electron chi connectivity index (χ1n) is 7.50. The summed E-state index contributed by atoms with van der Waals surface area (Å²) in [4.78, 5) is -0.0123. The summed E-state index contributed by atoms with van der Waals surface area (Å²) in [5.41, 5.74) is 2.84. The van der Waals surface area contributed by atoms with Crippen LogP contribution in [0.4, 0.5) is 10.1 Å². The number of anilines is 1. The molecule has 0 amide bonds. The van der Waals surface area contributed by atoms with E-state index in [2.05, 4.69) is 22.8 Å². The van der Waals surface area contributed by atoms with Crippen LogP contribution in [-0.4, -0.2) is 27.8 Å². The SMILES string of the molecule is CS(=O)(=O)c1ccc(NCC2NCCc3ccccc32)c(F)c1. The van der Waals surface area contributed by atoms with E-state index in [9.17, 15) is 12.8 Å². The lowest BCUT2D eigenvalue weighted by molar-refractivity contribution is 0.521. The zero-order valence-corrected chi connectivity index (χ0v) is 13.7. The van der Waals surface area contributed by atoms with E-state index in [1.54, 1.807) is 0 Å². The van der Waals surface area contributed by atoms with Crippen molar-refractivity contribution in [1.82, 2.24) is 5.32 Å². The molecule has 122 valence electrons. The number of fused-ring (bicyclic) bond motifs is 1. The number of sulfone groups is 1. The maximum atomic E-state index is 14.1. The fraction of sp³-hybridized carbons (Fsp3) is 0.294. The van der Waals surface area contributed by atoms with Gasteiger partial charge in [-0.25, -0.2) is 12.8 Å². The summed E-state index contributed by atoms with van der Waals surface area (Å²) in [6, 6.07) is 12.3. The van der Waals surface area contributed by atoms with Crippen LogP contribution in [0.3, 0.4) is 0 Å². The van der Waals surface area contributed by atoms with Crippen LogP contribution in [-0.2, 0) is 16.3 Å². The third kappa shape index (κ3) is 3.54. The Balaban J connectivity index is 1.75. The Morgan fingerprint density at radius 3 is 2.78 bits per heavy atom. The Morgan fingerprint density at radius 2 is 2.04 bits per heavy atom. The third-order valence-corrected chi connectivity index (χ3v) is 5.19. The summed E-state index contributed by atoms with van der Waals surface area (Å²) in [5.74, 6) is -0.558. The Bertz CT molecular complexity index is 821. The molecule has 1 aliphatic heterocycles. The molecule has 23 heavy (non-hydrogen) atoms. The van der Waals surface area contributed by atoms with E-state index in [4.69, 9.17) is 0 Å². The number of hydrogen-bond acceptors (Lipinski definition) is 4. The third-order valence-electron chi connectivity index (χ3n) is 4.08. The first kappa shape index (κ1) is 16.0. The van der Waals surface area contributed by atoms with Gasteiger partial charge in [0.2, 0.25) is 0 Å². The molecule has 0 fully saturated rings. The van der Waals surface area contributed by atoms with Crippen LogP contribution < -0.4 is 10.6 Å². The van der Waals surface area contributed by atoms with Crippen molar-refractivity contribution in [3.8, 4) is 0 Å². The van der Waals surface area contributed by atoms with E-state index in [0.29, 0.717) is 12.2 Å². The van der Waals surface area contributed by atoms with Crippen LogP contribution in [0.25, 0.3) is 0 Å². The van der Waals surface area contributed by atoms with Gasteiger partial charge in [-0.1, -0.05) is 24.3 Å². The number of benzene rings is 2. The molecule has 0 saturated heterocycles. The average Bonchev–Trinajstić information content (AvgIpc) is 2.53. The summed E-state index contributed by atoms with van der Waals surface area (Å²) in [7, 11) is -3.40. The maximum absolute atomic E-state index is 14.1. The van der Waals surface area contributed by atoms with Gasteiger partial charge >= 0.3 is 0 Å². The highest BCUT2D eigenvalue weighted by Gasteiger charge is 2.19. The van der Waals surface area contributed by atoms with Gasteiger partial charge in [0.15, 0.2) is 9.84 Å². The van der Waals surface area contributed by atoms with E-state index < -0.39 is 15.7 Å². The van der Waals surface area contributed by atoms with E-state index in [-0.39, 0.29) is 10.9 Å². The zero-order chi connectivity index (χ0) is 16.4. The Kier molecular flexibility index (Phi) is 4.37. The lowest BCUT2D eigenvalue weighted by atomic mass is 9.94. The standard InChI is InChI=1S/C17H19FN2O2S/c1-23(21,22)13-6-7-16(15(18)10-13)20-11-17-14-5-3-2-4-12(14)8-9-19-17/h2-7,10,17,19-20H,8-9,11H2,1H3. The largest absolute Gasteiger partial charge is 0.381 e. The average molecular weight is 334 g/mol. The van der Waals surface area contributed by atoms with Crippen molar-refractivity contribution in [2.45, 2.75) is 17.4 Å². The molecule has 0 aromatic heterocycles.